The summed E-state index contributed by atoms with van der Waals surface area (Å²) in [6, 6.07) is 5.38. The number of fused-ring (bicyclic) bond motifs is 1. The van der Waals surface area contributed by atoms with Gasteiger partial charge < -0.3 is 15.0 Å². The Kier molecular flexibility index (Phi) is 4.16. The Balaban J connectivity index is 1.71. The number of carbonyl (C=O) groups excluding carboxylic acids is 2. The second-order valence-electron chi connectivity index (χ2n) is 5.83. The van der Waals surface area contributed by atoms with Crippen molar-refractivity contribution >= 4 is 23.2 Å². The quantitative estimate of drug-likeness (QED) is 0.929. The summed E-state index contributed by atoms with van der Waals surface area (Å²) < 4.78 is 5.40. The standard InChI is InChI=1S/C17H18N4O3/c1-10(2)24-15-9-18-13(8-19-15)17(23)20-12-4-5-14-11(6-12)7-16(22)21(14)3/h4-6,8-10H,7H2,1-3H3,(H,20,23). The Morgan fingerprint density at radius 3 is 2.75 bits per heavy atom. The number of likely N-dealkylation sites (N-methyl/N-ethyl adjacent to an activating group) is 1. The Labute approximate surface area is 139 Å². The van der Waals surface area contributed by atoms with E-state index in [9.17, 15) is 9.59 Å². The first-order valence-electron chi connectivity index (χ1n) is 7.63. The summed E-state index contributed by atoms with van der Waals surface area (Å²) in [5.41, 5.74) is 2.57. The molecule has 1 aromatic heterocycles. The topological polar surface area (TPSA) is 84.4 Å². The molecule has 7 heteroatoms. The van der Waals surface area contributed by atoms with Crippen LogP contribution in [-0.4, -0.2) is 34.9 Å². The molecule has 0 saturated carbocycles. The molecule has 0 radical (unpaired) electrons. The number of carbonyl (C=O) groups is 2. The molecule has 1 aromatic carbocycles. The molecule has 2 heterocycles. The number of nitrogens with one attached hydrogen (secondary N) is 1. The average molecular weight is 326 g/mol. The van der Waals surface area contributed by atoms with Crippen molar-refractivity contribution in [1.82, 2.24) is 9.97 Å². The van der Waals surface area contributed by atoms with Gasteiger partial charge in [0.2, 0.25) is 11.8 Å². The second kappa shape index (κ2) is 6.27. The van der Waals surface area contributed by atoms with Crippen LogP contribution in [0.4, 0.5) is 11.4 Å². The van der Waals surface area contributed by atoms with Gasteiger partial charge in [-0.05, 0) is 37.6 Å². The maximum absolute atomic E-state index is 12.2. The first kappa shape index (κ1) is 15.9. The van der Waals surface area contributed by atoms with Crippen LogP contribution in [0.1, 0.15) is 29.9 Å². The number of aromatic nitrogens is 2. The van der Waals surface area contributed by atoms with Gasteiger partial charge in [-0.2, -0.15) is 0 Å². The van der Waals surface area contributed by atoms with Crippen molar-refractivity contribution in [2.75, 3.05) is 17.3 Å². The van der Waals surface area contributed by atoms with Crippen molar-refractivity contribution in [3.05, 3.63) is 41.9 Å². The molecule has 1 aliphatic heterocycles. The molecule has 0 spiro atoms. The maximum atomic E-state index is 12.2. The predicted octanol–water partition coefficient (Wildman–Crippen LogP) is 2.04. The van der Waals surface area contributed by atoms with E-state index in [1.165, 1.54) is 12.4 Å². The zero-order valence-electron chi connectivity index (χ0n) is 13.7. The Morgan fingerprint density at radius 1 is 1.29 bits per heavy atom. The van der Waals surface area contributed by atoms with E-state index >= 15 is 0 Å². The number of hydrogen-bond donors (Lipinski definition) is 1. The Bertz CT molecular complexity index is 787. The molecule has 0 bridgehead atoms. The van der Waals surface area contributed by atoms with Gasteiger partial charge in [0.25, 0.3) is 5.91 Å². The molecule has 124 valence electrons. The minimum absolute atomic E-state index is 0.00812. The van der Waals surface area contributed by atoms with E-state index in [0.717, 1.165) is 11.3 Å². The van der Waals surface area contributed by atoms with E-state index in [0.29, 0.717) is 18.0 Å². The van der Waals surface area contributed by atoms with E-state index < -0.39 is 0 Å². The number of ether oxygens (including phenoxy) is 1. The van der Waals surface area contributed by atoms with Crippen molar-refractivity contribution in [2.24, 2.45) is 0 Å². The molecular weight excluding hydrogens is 308 g/mol. The highest BCUT2D eigenvalue weighted by molar-refractivity contribution is 6.04. The molecule has 1 aliphatic rings. The van der Waals surface area contributed by atoms with Crippen molar-refractivity contribution in [3.8, 4) is 5.88 Å². The predicted molar refractivity (Wildman–Crippen MR) is 89.3 cm³/mol. The van der Waals surface area contributed by atoms with Gasteiger partial charge in [0.05, 0.1) is 24.9 Å². The van der Waals surface area contributed by atoms with Crippen LogP contribution < -0.4 is 15.0 Å². The lowest BCUT2D eigenvalue weighted by molar-refractivity contribution is -0.117. The molecule has 0 aliphatic carbocycles. The van der Waals surface area contributed by atoms with Gasteiger partial charge in [-0.25, -0.2) is 9.97 Å². The van der Waals surface area contributed by atoms with Gasteiger partial charge in [-0.1, -0.05) is 0 Å². The van der Waals surface area contributed by atoms with Crippen LogP contribution in [0.2, 0.25) is 0 Å². The highest BCUT2D eigenvalue weighted by atomic mass is 16.5. The van der Waals surface area contributed by atoms with Gasteiger partial charge >= 0.3 is 0 Å². The van der Waals surface area contributed by atoms with Crippen LogP contribution in [0, 0.1) is 0 Å². The molecule has 7 nitrogen and oxygen atoms in total. The van der Waals surface area contributed by atoms with E-state index in [1.807, 2.05) is 19.9 Å². The summed E-state index contributed by atoms with van der Waals surface area (Å²) in [6.45, 7) is 3.77. The first-order valence-corrected chi connectivity index (χ1v) is 7.63. The summed E-state index contributed by atoms with van der Waals surface area (Å²) in [4.78, 5) is 33.7. The lowest BCUT2D eigenvalue weighted by Crippen LogP contribution is -2.20. The number of hydrogen-bond acceptors (Lipinski definition) is 5. The monoisotopic (exact) mass is 326 g/mol. The van der Waals surface area contributed by atoms with Crippen molar-refractivity contribution in [3.63, 3.8) is 0 Å². The van der Waals surface area contributed by atoms with Crippen LogP contribution in [0.5, 0.6) is 5.88 Å². The van der Waals surface area contributed by atoms with Gasteiger partial charge in [0, 0.05) is 18.4 Å². The van der Waals surface area contributed by atoms with Crippen LogP contribution in [-0.2, 0) is 11.2 Å². The largest absolute Gasteiger partial charge is 0.474 e. The lowest BCUT2D eigenvalue weighted by Gasteiger charge is -2.11. The van der Waals surface area contributed by atoms with Crippen molar-refractivity contribution in [2.45, 2.75) is 26.4 Å². The lowest BCUT2D eigenvalue weighted by atomic mass is 10.1. The summed E-state index contributed by atoms with van der Waals surface area (Å²) in [6.07, 6.45) is 3.13. The molecule has 1 N–H and O–H groups in total. The molecule has 24 heavy (non-hydrogen) atoms. The average Bonchev–Trinajstić information content (AvgIpc) is 2.81. The molecule has 0 atom stereocenters. The van der Waals surface area contributed by atoms with Crippen LogP contribution in [0.3, 0.4) is 0 Å². The fourth-order valence-electron chi connectivity index (χ4n) is 2.48. The molecule has 2 amide bonds. The smallest absolute Gasteiger partial charge is 0.275 e. The minimum atomic E-state index is -0.365. The highest BCUT2D eigenvalue weighted by Gasteiger charge is 2.24. The zero-order valence-corrected chi connectivity index (χ0v) is 13.7. The number of benzene rings is 1. The highest BCUT2D eigenvalue weighted by Crippen LogP contribution is 2.30. The third-order valence-corrected chi connectivity index (χ3v) is 3.63. The third-order valence-electron chi connectivity index (χ3n) is 3.63. The molecule has 0 saturated heterocycles. The number of rotatable bonds is 4. The summed E-state index contributed by atoms with van der Waals surface area (Å²) in [7, 11) is 1.74. The van der Waals surface area contributed by atoms with E-state index in [2.05, 4.69) is 15.3 Å². The minimum Gasteiger partial charge on any atom is -0.474 e. The molecule has 3 rings (SSSR count). The van der Waals surface area contributed by atoms with E-state index in [-0.39, 0.29) is 23.6 Å². The van der Waals surface area contributed by atoms with Crippen LogP contribution in [0.25, 0.3) is 0 Å². The number of amides is 2. The van der Waals surface area contributed by atoms with Gasteiger partial charge in [0.15, 0.2) is 0 Å². The maximum Gasteiger partial charge on any atom is 0.275 e. The fourth-order valence-corrected chi connectivity index (χ4v) is 2.48. The Morgan fingerprint density at radius 2 is 2.08 bits per heavy atom. The third kappa shape index (κ3) is 3.19. The SMILES string of the molecule is CC(C)Oc1cnc(C(=O)Nc2ccc3c(c2)CC(=O)N3C)cn1. The summed E-state index contributed by atoms with van der Waals surface area (Å²) in [5.74, 6) is 0.0527. The van der Waals surface area contributed by atoms with E-state index in [1.54, 1.807) is 24.1 Å². The second-order valence-corrected chi connectivity index (χ2v) is 5.83. The zero-order chi connectivity index (χ0) is 17.3. The van der Waals surface area contributed by atoms with Crippen LogP contribution in [0.15, 0.2) is 30.6 Å². The number of anilines is 2. The molecule has 0 unspecified atom stereocenters. The summed E-state index contributed by atoms with van der Waals surface area (Å²) in [5, 5.41) is 2.77. The molecule has 0 fully saturated rings. The normalized spacial score (nSPS) is 13.2. The van der Waals surface area contributed by atoms with Crippen molar-refractivity contribution in [1.29, 1.82) is 0 Å². The first-order chi connectivity index (χ1) is 11.4. The van der Waals surface area contributed by atoms with Crippen molar-refractivity contribution < 1.29 is 14.3 Å². The molecule has 2 aromatic rings. The fraction of sp³-hybridized carbons (Fsp3) is 0.294. The van der Waals surface area contributed by atoms with Gasteiger partial charge in [0.1, 0.15) is 5.69 Å². The van der Waals surface area contributed by atoms with E-state index in [4.69, 9.17) is 4.74 Å². The molecular formula is C17H18N4O3. The van der Waals surface area contributed by atoms with Crippen LogP contribution >= 0.6 is 0 Å². The summed E-state index contributed by atoms with van der Waals surface area (Å²) >= 11 is 0. The number of nitrogens with zero attached hydrogens (tertiary/aromatic N) is 3. The Hall–Kier alpha value is -2.96. The van der Waals surface area contributed by atoms with Gasteiger partial charge in [-0.3, -0.25) is 9.59 Å². The van der Waals surface area contributed by atoms with Gasteiger partial charge in [-0.15, -0.1) is 0 Å².